The van der Waals surface area contributed by atoms with Crippen molar-refractivity contribution in [2.24, 2.45) is 0 Å². The average Bonchev–Trinajstić information content (AvgIpc) is 2.67. The Morgan fingerprint density at radius 1 is 1.27 bits per heavy atom. The van der Waals surface area contributed by atoms with Crippen LogP contribution in [0.2, 0.25) is 0 Å². The number of rotatable bonds is 1. The smallest absolute Gasteiger partial charge is 0.237 e. The van der Waals surface area contributed by atoms with Crippen molar-refractivity contribution >= 4 is 27.5 Å². The molecule has 4 heteroatoms. The van der Waals surface area contributed by atoms with Crippen LogP contribution in [0.15, 0.2) is 28.7 Å². The molecule has 80 valence electrons. The van der Waals surface area contributed by atoms with E-state index in [2.05, 4.69) is 15.9 Å². The molecule has 1 amide bonds. The van der Waals surface area contributed by atoms with Crippen LogP contribution in [0.1, 0.15) is 13.3 Å². The first-order valence-electron chi connectivity index (χ1n) is 4.99. The molecule has 0 N–H and O–H groups in total. The van der Waals surface area contributed by atoms with Gasteiger partial charge in [0.25, 0.3) is 0 Å². The standard InChI is InChI=1S/C11H13BrN2O/c1-9(15)13-7-2-8-14(13)11-5-3-10(12)4-6-11/h3-6H,2,7-8H2,1H3. The Morgan fingerprint density at radius 3 is 2.53 bits per heavy atom. The molecule has 0 saturated carbocycles. The average molecular weight is 269 g/mol. The summed E-state index contributed by atoms with van der Waals surface area (Å²) in [4.78, 5) is 11.4. The van der Waals surface area contributed by atoms with Crippen molar-refractivity contribution in [1.82, 2.24) is 5.01 Å². The highest BCUT2D eigenvalue weighted by Crippen LogP contribution is 2.23. The normalized spacial score (nSPS) is 15.9. The number of benzene rings is 1. The predicted octanol–water partition coefficient (Wildman–Crippen LogP) is 2.42. The van der Waals surface area contributed by atoms with Crippen LogP contribution in [-0.4, -0.2) is 24.0 Å². The summed E-state index contributed by atoms with van der Waals surface area (Å²) in [6, 6.07) is 8.02. The van der Waals surface area contributed by atoms with E-state index in [4.69, 9.17) is 0 Å². The zero-order valence-corrected chi connectivity index (χ0v) is 10.2. The van der Waals surface area contributed by atoms with E-state index in [1.165, 1.54) is 0 Å². The Labute approximate surface area is 97.8 Å². The molecule has 0 spiro atoms. The number of anilines is 1. The van der Waals surface area contributed by atoms with E-state index in [1.54, 1.807) is 11.9 Å². The van der Waals surface area contributed by atoms with Gasteiger partial charge in [0.2, 0.25) is 5.91 Å². The molecule has 2 rings (SSSR count). The van der Waals surface area contributed by atoms with E-state index < -0.39 is 0 Å². The van der Waals surface area contributed by atoms with Gasteiger partial charge in [-0.2, -0.15) is 0 Å². The number of carbonyl (C=O) groups is 1. The molecule has 1 saturated heterocycles. The van der Waals surface area contributed by atoms with E-state index in [-0.39, 0.29) is 5.91 Å². The highest BCUT2D eigenvalue weighted by atomic mass is 79.9. The largest absolute Gasteiger partial charge is 0.283 e. The second kappa shape index (κ2) is 4.23. The monoisotopic (exact) mass is 268 g/mol. The third-order valence-corrected chi connectivity index (χ3v) is 3.05. The Balaban J connectivity index is 2.22. The molecule has 1 heterocycles. The van der Waals surface area contributed by atoms with Crippen molar-refractivity contribution < 1.29 is 4.79 Å². The lowest BCUT2D eigenvalue weighted by atomic mass is 10.3. The van der Waals surface area contributed by atoms with Crippen molar-refractivity contribution in [3.63, 3.8) is 0 Å². The SMILES string of the molecule is CC(=O)N1CCCN1c1ccc(Br)cc1. The molecule has 15 heavy (non-hydrogen) atoms. The molecule has 0 unspecified atom stereocenters. The molecule has 1 aromatic carbocycles. The van der Waals surface area contributed by atoms with Gasteiger partial charge in [-0.15, -0.1) is 0 Å². The van der Waals surface area contributed by atoms with E-state index in [9.17, 15) is 4.79 Å². The minimum Gasteiger partial charge on any atom is -0.283 e. The third-order valence-electron chi connectivity index (χ3n) is 2.52. The lowest BCUT2D eigenvalue weighted by Crippen LogP contribution is -2.39. The van der Waals surface area contributed by atoms with Crippen molar-refractivity contribution in [3.05, 3.63) is 28.7 Å². The van der Waals surface area contributed by atoms with Gasteiger partial charge in [0.1, 0.15) is 0 Å². The number of hydrogen-bond donors (Lipinski definition) is 0. The van der Waals surface area contributed by atoms with Crippen LogP contribution in [0.5, 0.6) is 0 Å². The van der Waals surface area contributed by atoms with Gasteiger partial charge in [-0.3, -0.25) is 14.8 Å². The van der Waals surface area contributed by atoms with E-state index in [0.717, 1.165) is 29.7 Å². The van der Waals surface area contributed by atoms with Crippen LogP contribution < -0.4 is 5.01 Å². The maximum Gasteiger partial charge on any atom is 0.237 e. The summed E-state index contributed by atoms with van der Waals surface area (Å²) in [5, 5.41) is 3.83. The molecule has 0 radical (unpaired) electrons. The summed E-state index contributed by atoms with van der Waals surface area (Å²) >= 11 is 3.40. The van der Waals surface area contributed by atoms with Crippen LogP contribution in [-0.2, 0) is 4.79 Å². The summed E-state index contributed by atoms with van der Waals surface area (Å²) in [6.07, 6.45) is 1.04. The number of hydrogen-bond acceptors (Lipinski definition) is 2. The molecular weight excluding hydrogens is 256 g/mol. The first kappa shape index (κ1) is 10.5. The van der Waals surface area contributed by atoms with E-state index in [1.807, 2.05) is 29.3 Å². The molecule has 0 bridgehead atoms. The predicted molar refractivity (Wildman–Crippen MR) is 63.5 cm³/mol. The fourth-order valence-electron chi connectivity index (χ4n) is 1.82. The van der Waals surface area contributed by atoms with Crippen molar-refractivity contribution in [3.8, 4) is 0 Å². The number of nitrogens with zero attached hydrogens (tertiary/aromatic N) is 2. The highest BCUT2D eigenvalue weighted by molar-refractivity contribution is 9.10. The quantitative estimate of drug-likeness (QED) is 0.781. The number of hydrazine groups is 1. The third kappa shape index (κ3) is 2.15. The lowest BCUT2D eigenvalue weighted by molar-refractivity contribution is -0.128. The van der Waals surface area contributed by atoms with E-state index in [0.29, 0.717) is 0 Å². The maximum atomic E-state index is 11.4. The number of halogens is 1. The Bertz CT molecular complexity index is 363. The van der Waals surface area contributed by atoms with Gasteiger partial charge in [-0.25, -0.2) is 0 Å². The first-order chi connectivity index (χ1) is 7.18. The van der Waals surface area contributed by atoms with Crippen LogP contribution in [0.25, 0.3) is 0 Å². The number of carbonyl (C=O) groups excluding carboxylic acids is 1. The van der Waals surface area contributed by atoms with Crippen molar-refractivity contribution in [2.75, 3.05) is 18.1 Å². The Hall–Kier alpha value is -1.03. The summed E-state index contributed by atoms with van der Waals surface area (Å²) in [7, 11) is 0. The van der Waals surface area contributed by atoms with Crippen LogP contribution in [0, 0.1) is 0 Å². The molecule has 0 atom stereocenters. The van der Waals surface area contributed by atoms with E-state index >= 15 is 0 Å². The lowest BCUT2D eigenvalue weighted by Gasteiger charge is -2.28. The highest BCUT2D eigenvalue weighted by Gasteiger charge is 2.23. The molecule has 0 aromatic heterocycles. The molecule has 1 fully saturated rings. The first-order valence-corrected chi connectivity index (χ1v) is 5.79. The summed E-state index contributed by atoms with van der Waals surface area (Å²) in [6.45, 7) is 3.35. The fourth-order valence-corrected chi connectivity index (χ4v) is 2.09. The van der Waals surface area contributed by atoms with Gasteiger partial charge < -0.3 is 0 Å². The van der Waals surface area contributed by atoms with Crippen molar-refractivity contribution in [2.45, 2.75) is 13.3 Å². The second-order valence-corrected chi connectivity index (χ2v) is 4.51. The summed E-state index contributed by atoms with van der Waals surface area (Å²) in [5.41, 5.74) is 1.07. The van der Waals surface area contributed by atoms with Gasteiger partial charge in [-0.05, 0) is 30.7 Å². The summed E-state index contributed by atoms with van der Waals surface area (Å²) < 4.78 is 1.06. The van der Waals surface area contributed by atoms with Crippen LogP contribution in [0.3, 0.4) is 0 Å². The van der Waals surface area contributed by atoms with Crippen LogP contribution in [0.4, 0.5) is 5.69 Å². The second-order valence-electron chi connectivity index (χ2n) is 3.60. The van der Waals surface area contributed by atoms with Gasteiger partial charge >= 0.3 is 0 Å². The minimum atomic E-state index is 0.107. The zero-order valence-electron chi connectivity index (χ0n) is 8.61. The van der Waals surface area contributed by atoms with Gasteiger partial charge in [0.05, 0.1) is 5.69 Å². The fraction of sp³-hybridized carbons (Fsp3) is 0.364. The topological polar surface area (TPSA) is 23.6 Å². The van der Waals surface area contributed by atoms with Crippen LogP contribution >= 0.6 is 15.9 Å². The van der Waals surface area contributed by atoms with Crippen molar-refractivity contribution in [1.29, 1.82) is 0 Å². The Kier molecular flexibility index (Phi) is 2.95. The van der Waals surface area contributed by atoms with Gasteiger partial charge in [0, 0.05) is 24.5 Å². The van der Waals surface area contributed by atoms with Gasteiger partial charge in [-0.1, -0.05) is 15.9 Å². The Morgan fingerprint density at radius 2 is 1.93 bits per heavy atom. The molecule has 1 aliphatic rings. The molecule has 1 aliphatic heterocycles. The molecule has 3 nitrogen and oxygen atoms in total. The minimum absolute atomic E-state index is 0.107. The maximum absolute atomic E-state index is 11.4. The zero-order chi connectivity index (χ0) is 10.8. The molecular formula is C11H13BrN2O. The summed E-state index contributed by atoms with van der Waals surface area (Å²) in [5.74, 6) is 0.107. The van der Waals surface area contributed by atoms with Gasteiger partial charge in [0.15, 0.2) is 0 Å². The molecule has 1 aromatic rings. The number of amides is 1. The molecule has 0 aliphatic carbocycles.